The molecule has 0 aliphatic heterocycles. The Morgan fingerprint density at radius 3 is 2.56 bits per heavy atom. The minimum Gasteiger partial charge on any atom is -0.480 e. The second-order valence-electron chi connectivity index (χ2n) is 3.98. The molecule has 5 heteroatoms. The molecule has 1 amide bonds. The summed E-state index contributed by atoms with van der Waals surface area (Å²) in [6, 6.07) is 6.77. The topological polar surface area (TPSA) is 78.4 Å². The molecule has 98 valence electrons. The normalized spacial score (nSPS) is 11.7. The van der Waals surface area contributed by atoms with Gasteiger partial charge in [-0.3, -0.25) is 4.79 Å². The minimum atomic E-state index is -1.05. The summed E-state index contributed by atoms with van der Waals surface area (Å²) in [6.07, 6.45) is 0.862. The zero-order valence-corrected chi connectivity index (χ0v) is 10.6. The van der Waals surface area contributed by atoms with Crippen molar-refractivity contribution in [2.45, 2.75) is 26.3 Å². The van der Waals surface area contributed by atoms with Crippen LogP contribution >= 0.6 is 0 Å². The number of carbonyl (C=O) groups is 2. The van der Waals surface area contributed by atoms with Gasteiger partial charge in [-0.25, -0.2) is 4.79 Å². The third-order valence-electron chi connectivity index (χ3n) is 2.57. The summed E-state index contributed by atoms with van der Waals surface area (Å²) < 4.78 is 0. The van der Waals surface area contributed by atoms with Crippen molar-refractivity contribution in [3.8, 4) is 0 Å². The molecule has 0 saturated heterocycles. The van der Waals surface area contributed by atoms with Crippen LogP contribution in [0.25, 0.3) is 0 Å². The van der Waals surface area contributed by atoms with Crippen molar-refractivity contribution in [1.29, 1.82) is 0 Å². The molecule has 0 heterocycles. The average molecular weight is 250 g/mol. The third-order valence-corrected chi connectivity index (χ3v) is 2.57. The van der Waals surface area contributed by atoms with E-state index in [0.29, 0.717) is 0 Å². The van der Waals surface area contributed by atoms with E-state index in [0.717, 1.165) is 17.7 Å². The molecule has 0 aliphatic rings. The maximum atomic E-state index is 11.0. The van der Waals surface area contributed by atoms with E-state index in [1.807, 2.05) is 31.2 Å². The molecule has 1 unspecified atom stereocenters. The molecule has 0 spiro atoms. The van der Waals surface area contributed by atoms with Crippen molar-refractivity contribution in [2.24, 2.45) is 0 Å². The van der Waals surface area contributed by atoms with Crippen LogP contribution in [0.3, 0.4) is 0 Å². The van der Waals surface area contributed by atoms with Gasteiger partial charge in [-0.15, -0.1) is 0 Å². The summed E-state index contributed by atoms with van der Waals surface area (Å²) in [5.41, 5.74) is 2.01. The average Bonchev–Trinajstić information content (AvgIpc) is 2.34. The second kappa shape index (κ2) is 6.64. The molecular formula is C13H18N2O3. The zero-order chi connectivity index (χ0) is 13.5. The van der Waals surface area contributed by atoms with Crippen molar-refractivity contribution in [3.05, 3.63) is 29.8 Å². The van der Waals surface area contributed by atoms with E-state index < -0.39 is 12.0 Å². The van der Waals surface area contributed by atoms with Gasteiger partial charge in [0.2, 0.25) is 5.91 Å². The second-order valence-corrected chi connectivity index (χ2v) is 3.98. The van der Waals surface area contributed by atoms with Crippen molar-refractivity contribution in [1.82, 2.24) is 5.32 Å². The highest BCUT2D eigenvalue weighted by Crippen LogP contribution is 2.15. The first kappa shape index (κ1) is 14.0. The number of hydrogen-bond acceptors (Lipinski definition) is 3. The molecule has 18 heavy (non-hydrogen) atoms. The Bertz CT molecular complexity index is 432. The number of benzene rings is 1. The first-order chi connectivity index (χ1) is 8.54. The number of carboxylic acids is 1. The molecule has 0 aliphatic carbocycles. The maximum Gasteiger partial charge on any atom is 0.328 e. The van der Waals surface area contributed by atoms with Crippen LogP contribution in [0, 0.1) is 0 Å². The van der Waals surface area contributed by atoms with E-state index >= 15 is 0 Å². The van der Waals surface area contributed by atoms with Gasteiger partial charge < -0.3 is 15.7 Å². The van der Waals surface area contributed by atoms with Gasteiger partial charge in [0.05, 0.1) is 0 Å². The Morgan fingerprint density at radius 1 is 1.33 bits per heavy atom. The number of amides is 1. The van der Waals surface area contributed by atoms with E-state index in [1.54, 1.807) is 0 Å². The van der Waals surface area contributed by atoms with Crippen LogP contribution in [0.5, 0.6) is 0 Å². The summed E-state index contributed by atoms with van der Waals surface area (Å²) >= 11 is 0. The Balaban J connectivity index is 2.66. The quantitative estimate of drug-likeness (QED) is 0.710. The number of anilines is 1. The number of para-hydroxylation sites is 1. The van der Waals surface area contributed by atoms with E-state index in [9.17, 15) is 9.59 Å². The van der Waals surface area contributed by atoms with Crippen LogP contribution in [0.4, 0.5) is 5.69 Å². The van der Waals surface area contributed by atoms with Crippen molar-refractivity contribution in [3.63, 3.8) is 0 Å². The van der Waals surface area contributed by atoms with Crippen LogP contribution in [0.15, 0.2) is 24.3 Å². The SMILES string of the molecule is CCc1ccccc1NCC(NC(C)=O)C(=O)O. The van der Waals surface area contributed by atoms with Crippen LogP contribution in [0.1, 0.15) is 19.4 Å². The standard InChI is InChI=1S/C13H18N2O3/c1-3-10-6-4-5-7-11(10)14-8-12(13(17)18)15-9(2)16/h4-7,12,14H,3,8H2,1-2H3,(H,15,16)(H,17,18). The first-order valence-electron chi connectivity index (χ1n) is 5.86. The number of hydrogen-bond donors (Lipinski definition) is 3. The molecule has 1 aromatic rings. The van der Waals surface area contributed by atoms with Gasteiger partial charge in [0.15, 0.2) is 0 Å². The largest absolute Gasteiger partial charge is 0.480 e. The monoisotopic (exact) mass is 250 g/mol. The molecule has 1 aromatic carbocycles. The molecule has 0 fully saturated rings. The van der Waals surface area contributed by atoms with Gasteiger partial charge in [-0.2, -0.15) is 0 Å². The highest BCUT2D eigenvalue weighted by molar-refractivity contribution is 5.82. The predicted molar refractivity (Wildman–Crippen MR) is 69.6 cm³/mol. The molecule has 0 radical (unpaired) electrons. The van der Waals surface area contributed by atoms with Crippen molar-refractivity contribution >= 4 is 17.6 Å². The number of aliphatic carboxylic acids is 1. The van der Waals surface area contributed by atoms with Crippen LogP contribution in [-0.2, 0) is 16.0 Å². The molecule has 1 atom stereocenters. The fourth-order valence-electron chi connectivity index (χ4n) is 1.66. The molecule has 3 N–H and O–H groups in total. The molecule has 1 rings (SSSR count). The fourth-order valence-corrected chi connectivity index (χ4v) is 1.66. The van der Waals surface area contributed by atoms with Gasteiger partial charge in [0, 0.05) is 19.2 Å². The highest BCUT2D eigenvalue weighted by atomic mass is 16.4. The van der Waals surface area contributed by atoms with Gasteiger partial charge in [-0.05, 0) is 18.1 Å². The smallest absolute Gasteiger partial charge is 0.328 e. The molecule has 0 aromatic heterocycles. The van der Waals surface area contributed by atoms with Crippen molar-refractivity contribution in [2.75, 3.05) is 11.9 Å². The van der Waals surface area contributed by atoms with Crippen LogP contribution in [0.2, 0.25) is 0 Å². The van der Waals surface area contributed by atoms with Gasteiger partial charge in [0.25, 0.3) is 0 Å². The number of carboxylic acid groups (broad SMARTS) is 1. The third kappa shape index (κ3) is 4.08. The predicted octanol–water partition coefficient (Wildman–Crippen LogP) is 1.25. The van der Waals surface area contributed by atoms with E-state index in [4.69, 9.17) is 5.11 Å². The van der Waals surface area contributed by atoms with Gasteiger partial charge >= 0.3 is 5.97 Å². The summed E-state index contributed by atoms with van der Waals surface area (Å²) in [7, 11) is 0. The van der Waals surface area contributed by atoms with E-state index in [2.05, 4.69) is 10.6 Å². The van der Waals surface area contributed by atoms with Gasteiger partial charge in [-0.1, -0.05) is 25.1 Å². The first-order valence-corrected chi connectivity index (χ1v) is 5.86. The molecular weight excluding hydrogens is 232 g/mol. The molecule has 5 nitrogen and oxygen atoms in total. The van der Waals surface area contributed by atoms with E-state index in [1.165, 1.54) is 6.92 Å². The van der Waals surface area contributed by atoms with Gasteiger partial charge in [0.1, 0.15) is 6.04 Å². The Labute approximate surface area is 106 Å². The Hall–Kier alpha value is -2.04. The lowest BCUT2D eigenvalue weighted by molar-refractivity contribution is -0.141. The Morgan fingerprint density at radius 2 is 2.00 bits per heavy atom. The fraction of sp³-hybridized carbons (Fsp3) is 0.385. The van der Waals surface area contributed by atoms with Crippen molar-refractivity contribution < 1.29 is 14.7 Å². The lowest BCUT2D eigenvalue weighted by Crippen LogP contribution is -2.44. The van der Waals surface area contributed by atoms with E-state index in [-0.39, 0.29) is 12.5 Å². The summed E-state index contributed by atoms with van der Waals surface area (Å²) in [5, 5.41) is 14.4. The Kier molecular flexibility index (Phi) is 5.17. The minimum absolute atomic E-state index is 0.159. The molecule has 0 saturated carbocycles. The number of aryl methyl sites for hydroxylation is 1. The lowest BCUT2D eigenvalue weighted by Gasteiger charge is -2.16. The number of nitrogens with one attached hydrogen (secondary N) is 2. The summed E-state index contributed by atoms with van der Waals surface area (Å²) in [4.78, 5) is 21.8. The highest BCUT2D eigenvalue weighted by Gasteiger charge is 2.18. The zero-order valence-electron chi connectivity index (χ0n) is 10.6. The summed E-state index contributed by atoms with van der Waals surface area (Å²) in [5.74, 6) is -1.40. The number of carbonyl (C=O) groups excluding carboxylic acids is 1. The maximum absolute atomic E-state index is 11.0. The van der Waals surface area contributed by atoms with Crippen LogP contribution < -0.4 is 10.6 Å². The summed E-state index contributed by atoms with van der Waals surface area (Å²) in [6.45, 7) is 3.49. The molecule has 0 bridgehead atoms. The van der Waals surface area contributed by atoms with Crippen LogP contribution in [-0.4, -0.2) is 29.6 Å². The lowest BCUT2D eigenvalue weighted by atomic mass is 10.1. The number of rotatable bonds is 6.